The highest BCUT2D eigenvalue weighted by Gasteiger charge is 2.33. The molecule has 3 rings (SSSR count). The van der Waals surface area contributed by atoms with Gasteiger partial charge in [0.15, 0.2) is 0 Å². The zero-order chi connectivity index (χ0) is 14.0. The standard InChI is InChI=1S/C17H27NOS/c1-13(18-11-17(12-19)8-4-5-9-17)16-10-14-6-2-3-7-15(14)20-16/h10,13,18-19H,2-9,11-12H2,1H3. The Bertz CT molecular complexity index is 424. The second kappa shape index (κ2) is 6.17. The largest absolute Gasteiger partial charge is 0.396 e. The van der Waals surface area contributed by atoms with Gasteiger partial charge in [-0.3, -0.25) is 0 Å². The van der Waals surface area contributed by atoms with Crippen LogP contribution in [-0.4, -0.2) is 18.3 Å². The molecule has 0 bridgehead atoms. The lowest BCUT2D eigenvalue weighted by Crippen LogP contribution is -2.36. The van der Waals surface area contributed by atoms with Gasteiger partial charge in [-0.05, 0) is 57.1 Å². The lowest BCUT2D eigenvalue weighted by molar-refractivity contribution is 0.125. The average Bonchev–Trinajstić information content (AvgIpc) is 3.12. The fraction of sp³-hybridized carbons (Fsp3) is 0.765. The highest BCUT2D eigenvalue weighted by atomic mass is 32.1. The second-order valence-electron chi connectivity index (χ2n) is 6.77. The zero-order valence-corrected chi connectivity index (χ0v) is 13.4. The minimum Gasteiger partial charge on any atom is -0.396 e. The summed E-state index contributed by atoms with van der Waals surface area (Å²) in [5, 5.41) is 13.4. The molecule has 3 heteroatoms. The van der Waals surface area contributed by atoms with Gasteiger partial charge in [-0.25, -0.2) is 0 Å². The number of hydrogen-bond acceptors (Lipinski definition) is 3. The molecule has 0 aromatic carbocycles. The molecule has 0 saturated heterocycles. The van der Waals surface area contributed by atoms with Crippen molar-refractivity contribution in [2.75, 3.05) is 13.2 Å². The molecule has 0 aliphatic heterocycles. The maximum absolute atomic E-state index is 9.70. The number of aryl methyl sites for hydroxylation is 2. The van der Waals surface area contributed by atoms with E-state index in [1.54, 1.807) is 10.4 Å². The summed E-state index contributed by atoms with van der Waals surface area (Å²) in [5.74, 6) is 0. The van der Waals surface area contributed by atoms with E-state index >= 15 is 0 Å². The molecule has 1 heterocycles. The average molecular weight is 293 g/mol. The van der Waals surface area contributed by atoms with Crippen molar-refractivity contribution in [3.8, 4) is 0 Å². The summed E-state index contributed by atoms with van der Waals surface area (Å²) in [5.41, 5.74) is 1.76. The van der Waals surface area contributed by atoms with E-state index in [1.807, 2.05) is 11.3 Å². The molecule has 2 nitrogen and oxygen atoms in total. The van der Waals surface area contributed by atoms with Crippen LogP contribution >= 0.6 is 11.3 Å². The van der Waals surface area contributed by atoms with Crippen molar-refractivity contribution in [2.24, 2.45) is 5.41 Å². The number of hydrogen-bond donors (Lipinski definition) is 2. The van der Waals surface area contributed by atoms with E-state index in [0.29, 0.717) is 12.6 Å². The van der Waals surface area contributed by atoms with E-state index in [-0.39, 0.29) is 5.41 Å². The molecule has 0 amide bonds. The predicted octanol–water partition coefficient (Wildman–Crippen LogP) is 3.83. The Labute approximate surface area is 126 Å². The summed E-state index contributed by atoms with van der Waals surface area (Å²) in [6.07, 6.45) is 10.2. The van der Waals surface area contributed by atoms with Gasteiger partial charge in [-0.1, -0.05) is 12.8 Å². The minimum absolute atomic E-state index is 0.158. The first-order valence-electron chi connectivity index (χ1n) is 8.18. The number of aliphatic hydroxyl groups is 1. The van der Waals surface area contributed by atoms with E-state index in [1.165, 1.54) is 56.2 Å². The minimum atomic E-state index is 0.158. The Morgan fingerprint density at radius 3 is 2.70 bits per heavy atom. The molecule has 1 fully saturated rings. The van der Waals surface area contributed by atoms with E-state index in [4.69, 9.17) is 0 Å². The molecular weight excluding hydrogens is 266 g/mol. The topological polar surface area (TPSA) is 32.3 Å². The van der Waals surface area contributed by atoms with Gasteiger partial charge in [0.05, 0.1) is 0 Å². The van der Waals surface area contributed by atoms with Crippen LogP contribution in [-0.2, 0) is 12.8 Å². The maximum atomic E-state index is 9.70. The molecule has 1 unspecified atom stereocenters. The third-order valence-corrected chi connectivity index (χ3v) is 6.65. The number of aliphatic hydroxyl groups excluding tert-OH is 1. The maximum Gasteiger partial charge on any atom is 0.0499 e. The lowest BCUT2D eigenvalue weighted by atomic mass is 9.87. The Balaban J connectivity index is 1.61. The Kier molecular flexibility index (Phi) is 4.49. The molecular formula is C17H27NOS. The first kappa shape index (κ1) is 14.6. The van der Waals surface area contributed by atoms with E-state index in [9.17, 15) is 5.11 Å². The van der Waals surface area contributed by atoms with Crippen LogP contribution < -0.4 is 5.32 Å². The number of rotatable bonds is 5. The molecule has 1 saturated carbocycles. The van der Waals surface area contributed by atoms with Gasteiger partial charge >= 0.3 is 0 Å². The van der Waals surface area contributed by atoms with E-state index in [0.717, 1.165) is 6.54 Å². The molecule has 112 valence electrons. The summed E-state index contributed by atoms with van der Waals surface area (Å²) >= 11 is 2.01. The van der Waals surface area contributed by atoms with Crippen molar-refractivity contribution in [2.45, 2.75) is 64.3 Å². The van der Waals surface area contributed by atoms with Gasteiger partial charge in [0.25, 0.3) is 0 Å². The fourth-order valence-corrected chi connectivity index (χ4v) is 5.00. The Hall–Kier alpha value is -0.380. The molecule has 0 spiro atoms. The molecule has 2 aliphatic rings. The quantitative estimate of drug-likeness (QED) is 0.865. The smallest absolute Gasteiger partial charge is 0.0499 e. The van der Waals surface area contributed by atoms with E-state index in [2.05, 4.69) is 18.3 Å². The molecule has 1 aromatic heterocycles. The van der Waals surface area contributed by atoms with Crippen LogP contribution in [0.1, 0.15) is 66.8 Å². The summed E-state index contributed by atoms with van der Waals surface area (Å²) in [4.78, 5) is 3.11. The van der Waals surface area contributed by atoms with Crippen LogP contribution in [0.15, 0.2) is 6.07 Å². The zero-order valence-electron chi connectivity index (χ0n) is 12.6. The highest BCUT2D eigenvalue weighted by Crippen LogP contribution is 2.38. The van der Waals surface area contributed by atoms with Crippen LogP contribution in [0.5, 0.6) is 0 Å². The number of thiophene rings is 1. The number of fused-ring (bicyclic) bond motifs is 1. The van der Waals surface area contributed by atoms with Crippen LogP contribution in [0.25, 0.3) is 0 Å². The fourth-order valence-electron chi connectivity index (χ4n) is 3.71. The Morgan fingerprint density at radius 1 is 1.25 bits per heavy atom. The van der Waals surface area contributed by atoms with Gasteiger partial charge in [-0.2, -0.15) is 0 Å². The third kappa shape index (κ3) is 2.95. The molecule has 1 atom stereocenters. The SMILES string of the molecule is CC(NCC1(CO)CCCC1)c1cc2c(s1)CCCC2. The summed E-state index contributed by atoms with van der Waals surface area (Å²) in [7, 11) is 0. The van der Waals surface area contributed by atoms with Crippen LogP contribution in [0.4, 0.5) is 0 Å². The first-order valence-corrected chi connectivity index (χ1v) is 9.00. The highest BCUT2D eigenvalue weighted by molar-refractivity contribution is 7.12. The summed E-state index contributed by atoms with van der Waals surface area (Å²) in [6, 6.07) is 2.85. The van der Waals surface area contributed by atoms with Crippen LogP contribution in [0.3, 0.4) is 0 Å². The third-order valence-electron chi connectivity index (χ3n) is 5.23. The van der Waals surface area contributed by atoms with Gasteiger partial charge < -0.3 is 10.4 Å². The molecule has 1 aromatic rings. The molecule has 0 radical (unpaired) electrons. The normalized spacial score (nSPS) is 22.7. The van der Waals surface area contributed by atoms with Gasteiger partial charge in [0.1, 0.15) is 0 Å². The second-order valence-corrected chi connectivity index (χ2v) is 7.94. The van der Waals surface area contributed by atoms with Gasteiger partial charge in [-0.15, -0.1) is 11.3 Å². The van der Waals surface area contributed by atoms with Crippen molar-refractivity contribution in [1.82, 2.24) is 5.32 Å². The van der Waals surface area contributed by atoms with Crippen molar-refractivity contribution < 1.29 is 5.11 Å². The molecule has 2 aliphatic carbocycles. The van der Waals surface area contributed by atoms with Crippen molar-refractivity contribution in [3.63, 3.8) is 0 Å². The van der Waals surface area contributed by atoms with E-state index < -0.39 is 0 Å². The summed E-state index contributed by atoms with van der Waals surface area (Å²) < 4.78 is 0. The van der Waals surface area contributed by atoms with Crippen LogP contribution in [0, 0.1) is 5.41 Å². The molecule has 20 heavy (non-hydrogen) atoms. The first-order chi connectivity index (χ1) is 9.72. The summed E-state index contributed by atoms with van der Waals surface area (Å²) in [6.45, 7) is 3.58. The number of nitrogens with one attached hydrogen (secondary N) is 1. The monoisotopic (exact) mass is 293 g/mol. The lowest BCUT2D eigenvalue weighted by Gasteiger charge is -2.28. The molecule has 2 N–H and O–H groups in total. The van der Waals surface area contributed by atoms with Crippen molar-refractivity contribution in [3.05, 3.63) is 21.4 Å². The van der Waals surface area contributed by atoms with Crippen molar-refractivity contribution in [1.29, 1.82) is 0 Å². The predicted molar refractivity (Wildman–Crippen MR) is 85.4 cm³/mol. The Morgan fingerprint density at radius 2 is 2.00 bits per heavy atom. The van der Waals surface area contributed by atoms with Gasteiger partial charge in [0.2, 0.25) is 0 Å². The van der Waals surface area contributed by atoms with Gasteiger partial charge in [0, 0.05) is 34.4 Å². The van der Waals surface area contributed by atoms with Crippen molar-refractivity contribution >= 4 is 11.3 Å². The van der Waals surface area contributed by atoms with Crippen LogP contribution in [0.2, 0.25) is 0 Å².